The molecule has 6 heteroatoms. The van der Waals surface area contributed by atoms with Crippen molar-refractivity contribution in [1.29, 1.82) is 0 Å². The summed E-state index contributed by atoms with van der Waals surface area (Å²) in [5.41, 5.74) is 4.07. The molecule has 1 aromatic rings. The lowest BCUT2D eigenvalue weighted by atomic mass is 10.1. The zero-order chi connectivity index (χ0) is 10.9. The fraction of sp³-hybridized carbons (Fsp3) is 0.333. The van der Waals surface area contributed by atoms with E-state index >= 15 is 0 Å². The van der Waals surface area contributed by atoms with Gasteiger partial charge in [-0.15, -0.1) is 12.4 Å². The molecule has 0 fully saturated rings. The summed E-state index contributed by atoms with van der Waals surface area (Å²) < 4.78 is 51.8. The van der Waals surface area contributed by atoms with E-state index < -0.39 is 34.4 Å². The molecular weight excluding hydrogens is 234 g/mol. The molecule has 0 atom stereocenters. The van der Waals surface area contributed by atoms with Crippen molar-refractivity contribution in [2.45, 2.75) is 13.3 Å². The lowest BCUT2D eigenvalue weighted by molar-refractivity contribution is 0.419. The lowest BCUT2D eigenvalue weighted by Crippen LogP contribution is -2.11. The number of halogens is 5. The molecule has 1 aromatic carbocycles. The van der Waals surface area contributed by atoms with Crippen molar-refractivity contribution >= 4 is 12.4 Å². The Kier molecular flexibility index (Phi) is 5.03. The Morgan fingerprint density at radius 3 is 1.93 bits per heavy atom. The van der Waals surface area contributed by atoms with Gasteiger partial charge in [-0.1, -0.05) is 0 Å². The van der Waals surface area contributed by atoms with Gasteiger partial charge in [-0.3, -0.25) is 0 Å². The van der Waals surface area contributed by atoms with Crippen molar-refractivity contribution in [2.75, 3.05) is 6.54 Å². The number of nitrogens with two attached hydrogens (primary N) is 1. The number of rotatable bonds is 2. The van der Waals surface area contributed by atoms with Gasteiger partial charge in [0.2, 0.25) is 0 Å². The van der Waals surface area contributed by atoms with Crippen molar-refractivity contribution < 1.29 is 17.6 Å². The van der Waals surface area contributed by atoms with Gasteiger partial charge in [-0.25, -0.2) is 17.6 Å². The molecule has 15 heavy (non-hydrogen) atoms. The van der Waals surface area contributed by atoms with Crippen LogP contribution in [0.25, 0.3) is 0 Å². The van der Waals surface area contributed by atoms with Crippen molar-refractivity contribution in [3.63, 3.8) is 0 Å². The average Bonchev–Trinajstić information content (AvgIpc) is 2.19. The van der Waals surface area contributed by atoms with Crippen LogP contribution in [0.3, 0.4) is 0 Å². The van der Waals surface area contributed by atoms with Crippen LogP contribution in [0.1, 0.15) is 11.1 Å². The van der Waals surface area contributed by atoms with E-state index in [0.29, 0.717) is 0 Å². The molecule has 2 N–H and O–H groups in total. The molecule has 1 rings (SSSR count). The van der Waals surface area contributed by atoms with Gasteiger partial charge in [0.1, 0.15) is 5.82 Å². The molecule has 0 amide bonds. The third-order valence-corrected chi connectivity index (χ3v) is 1.97. The zero-order valence-electron chi connectivity index (χ0n) is 7.91. The van der Waals surface area contributed by atoms with Gasteiger partial charge in [0.05, 0.1) is 0 Å². The topological polar surface area (TPSA) is 26.0 Å². The number of hydrogen-bond acceptors (Lipinski definition) is 1. The Morgan fingerprint density at radius 2 is 1.47 bits per heavy atom. The molecule has 1 nitrogen and oxygen atoms in total. The first-order valence-corrected chi connectivity index (χ1v) is 4.02. The molecular formula is C9H10ClF4N. The highest BCUT2D eigenvalue weighted by atomic mass is 35.5. The predicted octanol–water partition coefficient (Wildman–Crippen LogP) is 2.47. The highest BCUT2D eigenvalue weighted by Crippen LogP contribution is 2.23. The molecule has 0 saturated heterocycles. The summed E-state index contributed by atoms with van der Waals surface area (Å²) in [6.45, 7) is 1.02. The monoisotopic (exact) mass is 243 g/mol. The minimum atomic E-state index is -1.65. The third-order valence-electron chi connectivity index (χ3n) is 1.97. The molecule has 0 spiro atoms. The van der Waals surface area contributed by atoms with Crippen molar-refractivity contribution in [2.24, 2.45) is 5.73 Å². The Balaban J connectivity index is 0.00000196. The summed E-state index contributed by atoms with van der Waals surface area (Å²) in [4.78, 5) is 0. The van der Waals surface area contributed by atoms with Crippen molar-refractivity contribution in [3.05, 3.63) is 34.4 Å². The summed E-state index contributed by atoms with van der Waals surface area (Å²) in [7, 11) is 0. The van der Waals surface area contributed by atoms with Crippen LogP contribution in [0.15, 0.2) is 0 Å². The standard InChI is InChI=1S/C9H9F4N.ClH/c1-4-6(10)5(2-3-14)8(12)9(13)7(4)11;/h2-3,14H2,1H3;1H. The molecule has 0 unspecified atom stereocenters. The summed E-state index contributed by atoms with van der Waals surface area (Å²) in [6, 6.07) is 0. The van der Waals surface area contributed by atoms with E-state index in [9.17, 15) is 17.6 Å². The van der Waals surface area contributed by atoms with Gasteiger partial charge >= 0.3 is 0 Å². The minimum absolute atomic E-state index is 0. The van der Waals surface area contributed by atoms with Crippen LogP contribution in [-0.4, -0.2) is 6.54 Å². The molecule has 0 aliphatic heterocycles. The van der Waals surface area contributed by atoms with Gasteiger partial charge in [0.15, 0.2) is 17.5 Å². The quantitative estimate of drug-likeness (QED) is 0.482. The molecule has 0 aliphatic rings. The van der Waals surface area contributed by atoms with Crippen LogP contribution in [-0.2, 0) is 6.42 Å². The molecule has 0 saturated carbocycles. The van der Waals surface area contributed by atoms with E-state index in [1.165, 1.54) is 0 Å². The second-order valence-corrected chi connectivity index (χ2v) is 2.90. The van der Waals surface area contributed by atoms with E-state index in [1.807, 2.05) is 0 Å². The third kappa shape index (κ3) is 2.41. The van der Waals surface area contributed by atoms with Crippen LogP contribution in [0.4, 0.5) is 17.6 Å². The molecule has 86 valence electrons. The van der Waals surface area contributed by atoms with Crippen LogP contribution in [0.2, 0.25) is 0 Å². The number of benzene rings is 1. The fourth-order valence-corrected chi connectivity index (χ4v) is 1.18. The lowest BCUT2D eigenvalue weighted by Gasteiger charge is -2.08. The second-order valence-electron chi connectivity index (χ2n) is 2.90. The summed E-state index contributed by atoms with van der Waals surface area (Å²) >= 11 is 0. The van der Waals surface area contributed by atoms with E-state index in [4.69, 9.17) is 5.73 Å². The van der Waals surface area contributed by atoms with Crippen LogP contribution >= 0.6 is 12.4 Å². The average molecular weight is 244 g/mol. The fourth-order valence-electron chi connectivity index (χ4n) is 1.18. The van der Waals surface area contributed by atoms with Crippen molar-refractivity contribution in [3.8, 4) is 0 Å². The Bertz CT molecular complexity index is 339. The summed E-state index contributed by atoms with van der Waals surface area (Å²) in [5.74, 6) is -5.68. The maximum absolute atomic E-state index is 13.2. The van der Waals surface area contributed by atoms with Crippen LogP contribution in [0.5, 0.6) is 0 Å². The first kappa shape index (κ1) is 14.2. The van der Waals surface area contributed by atoms with Crippen LogP contribution < -0.4 is 5.73 Å². The minimum Gasteiger partial charge on any atom is -0.330 e. The van der Waals surface area contributed by atoms with E-state index in [2.05, 4.69) is 0 Å². The predicted molar refractivity (Wildman–Crippen MR) is 51.0 cm³/mol. The largest absolute Gasteiger partial charge is 0.330 e. The van der Waals surface area contributed by atoms with Gasteiger partial charge < -0.3 is 5.73 Å². The smallest absolute Gasteiger partial charge is 0.195 e. The normalized spacial score (nSPS) is 10.0. The molecule has 0 heterocycles. The maximum atomic E-state index is 13.2. The Hall–Kier alpha value is -0.810. The van der Waals surface area contributed by atoms with Gasteiger partial charge in [-0.05, 0) is 19.9 Å². The Morgan fingerprint density at radius 1 is 0.933 bits per heavy atom. The highest BCUT2D eigenvalue weighted by molar-refractivity contribution is 5.85. The van der Waals surface area contributed by atoms with Crippen LogP contribution in [0, 0.1) is 30.2 Å². The first-order valence-electron chi connectivity index (χ1n) is 4.02. The van der Waals surface area contributed by atoms with E-state index in [1.54, 1.807) is 0 Å². The molecule has 0 bridgehead atoms. The Labute approximate surface area is 90.7 Å². The summed E-state index contributed by atoms with van der Waals surface area (Å²) in [6.07, 6.45) is -0.157. The second kappa shape index (κ2) is 5.32. The first-order chi connectivity index (χ1) is 6.50. The van der Waals surface area contributed by atoms with E-state index in [-0.39, 0.29) is 25.4 Å². The molecule has 0 radical (unpaired) electrons. The molecule has 0 aliphatic carbocycles. The van der Waals surface area contributed by atoms with E-state index in [0.717, 1.165) is 6.92 Å². The van der Waals surface area contributed by atoms with Gasteiger partial charge in [0, 0.05) is 11.1 Å². The SMILES string of the molecule is Cc1c(F)c(F)c(F)c(CCN)c1F.Cl. The van der Waals surface area contributed by atoms with Crippen molar-refractivity contribution in [1.82, 2.24) is 0 Å². The highest BCUT2D eigenvalue weighted by Gasteiger charge is 2.21. The van der Waals surface area contributed by atoms with Gasteiger partial charge in [0.25, 0.3) is 0 Å². The zero-order valence-corrected chi connectivity index (χ0v) is 8.73. The number of hydrogen-bond donors (Lipinski definition) is 1. The summed E-state index contributed by atoms with van der Waals surface area (Å²) in [5, 5.41) is 0. The van der Waals surface area contributed by atoms with Gasteiger partial charge in [-0.2, -0.15) is 0 Å². The molecule has 0 aromatic heterocycles. The maximum Gasteiger partial charge on any atom is 0.195 e.